The molecular formula is C17H18N2O4. The maximum Gasteiger partial charge on any atom is 0.377 e. The number of nitrogens with one attached hydrogen (secondary N) is 1. The van der Waals surface area contributed by atoms with Crippen LogP contribution < -0.4 is 5.32 Å². The fourth-order valence-electron chi connectivity index (χ4n) is 2.63. The standard InChI is InChI=1S/C17H18N2O4/c1-10-8-15(23-19-10)17(21)22-11(2)16(20)18-14-7-6-12-4-3-5-13(12)9-14/h6-9,11H,3-5H2,1-2H3,(H,18,20)/t11-/m1/s1. The minimum Gasteiger partial charge on any atom is -0.447 e. The monoisotopic (exact) mass is 314 g/mol. The highest BCUT2D eigenvalue weighted by atomic mass is 16.6. The van der Waals surface area contributed by atoms with E-state index in [1.54, 1.807) is 6.92 Å². The average Bonchev–Trinajstić information content (AvgIpc) is 3.15. The number of ether oxygens (including phenoxy) is 1. The van der Waals surface area contributed by atoms with E-state index in [4.69, 9.17) is 9.26 Å². The van der Waals surface area contributed by atoms with Gasteiger partial charge in [0.25, 0.3) is 5.91 Å². The van der Waals surface area contributed by atoms with Crippen molar-refractivity contribution in [1.29, 1.82) is 0 Å². The largest absolute Gasteiger partial charge is 0.447 e. The number of esters is 1. The topological polar surface area (TPSA) is 81.4 Å². The summed E-state index contributed by atoms with van der Waals surface area (Å²) < 4.78 is 9.91. The van der Waals surface area contributed by atoms with Crippen LogP contribution in [0.4, 0.5) is 5.69 Å². The summed E-state index contributed by atoms with van der Waals surface area (Å²) in [7, 11) is 0. The number of amides is 1. The molecule has 1 aliphatic carbocycles. The van der Waals surface area contributed by atoms with Crippen LogP contribution in [0.25, 0.3) is 0 Å². The van der Waals surface area contributed by atoms with Crippen LogP contribution in [-0.2, 0) is 22.4 Å². The molecule has 2 aromatic rings. The van der Waals surface area contributed by atoms with Gasteiger partial charge in [0.2, 0.25) is 5.76 Å². The van der Waals surface area contributed by atoms with E-state index in [0.29, 0.717) is 11.4 Å². The molecule has 0 bridgehead atoms. The van der Waals surface area contributed by atoms with Gasteiger partial charge in [-0.3, -0.25) is 4.79 Å². The second kappa shape index (κ2) is 6.24. The normalized spacial score (nSPS) is 14.2. The summed E-state index contributed by atoms with van der Waals surface area (Å²) >= 11 is 0. The first kappa shape index (κ1) is 15.3. The Morgan fingerprint density at radius 3 is 2.78 bits per heavy atom. The summed E-state index contributed by atoms with van der Waals surface area (Å²) in [5.41, 5.74) is 3.90. The van der Waals surface area contributed by atoms with E-state index in [2.05, 4.69) is 10.5 Å². The number of anilines is 1. The van der Waals surface area contributed by atoms with E-state index < -0.39 is 12.1 Å². The molecule has 1 N–H and O–H groups in total. The lowest BCUT2D eigenvalue weighted by Crippen LogP contribution is -2.29. The lowest BCUT2D eigenvalue weighted by atomic mass is 10.1. The number of benzene rings is 1. The summed E-state index contributed by atoms with van der Waals surface area (Å²) in [6.45, 7) is 3.22. The van der Waals surface area contributed by atoms with E-state index in [-0.39, 0.29) is 11.7 Å². The molecule has 0 radical (unpaired) electrons. The van der Waals surface area contributed by atoms with Crippen molar-refractivity contribution in [2.24, 2.45) is 0 Å². The third-order valence-corrected chi connectivity index (χ3v) is 3.85. The van der Waals surface area contributed by atoms with Crippen LogP contribution in [0.2, 0.25) is 0 Å². The molecule has 1 amide bonds. The number of nitrogens with zero attached hydrogens (tertiary/aromatic N) is 1. The van der Waals surface area contributed by atoms with Gasteiger partial charge in [0.05, 0.1) is 5.69 Å². The Hall–Kier alpha value is -2.63. The molecule has 0 fully saturated rings. The van der Waals surface area contributed by atoms with Crippen molar-refractivity contribution in [3.63, 3.8) is 0 Å². The zero-order valence-corrected chi connectivity index (χ0v) is 13.1. The fourth-order valence-corrected chi connectivity index (χ4v) is 2.63. The van der Waals surface area contributed by atoms with Gasteiger partial charge in [-0.1, -0.05) is 11.2 Å². The van der Waals surface area contributed by atoms with Gasteiger partial charge in [0.1, 0.15) is 0 Å². The quantitative estimate of drug-likeness (QED) is 0.877. The third kappa shape index (κ3) is 3.41. The summed E-state index contributed by atoms with van der Waals surface area (Å²) in [4.78, 5) is 24.0. The van der Waals surface area contributed by atoms with Crippen LogP contribution in [-0.4, -0.2) is 23.1 Å². The molecule has 23 heavy (non-hydrogen) atoms. The molecule has 1 atom stereocenters. The maximum absolute atomic E-state index is 12.2. The van der Waals surface area contributed by atoms with Crippen molar-refractivity contribution in [2.45, 2.75) is 39.2 Å². The lowest BCUT2D eigenvalue weighted by molar-refractivity contribution is -0.123. The number of fused-ring (bicyclic) bond motifs is 1. The Labute approximate surface area is 133 Å². The van der Waals surface area contributed by atoms with Crippen molar-refractivity contribution < 1.29 is 18.8 Å². The van der Waals surface area contributed by atoms with Gasteiger partial charge >= 0.3 is 5.97 Å². The van der Waals surface area contributed by atoms with Crippen LogP contribution in [0, 0.1) is 6.92 Å². The van der Waals surface area contributed by atoms with E-state index >= 15 is 0 Å². The second-order valence-corrected chi connectivity index (χ2v) is 5.71. The predicted molar refractivity (Wildman–Crippen MR) is 83.2 cm³/mol. The molecule has 120 valence electrons. The van der Waals surface area contributed by atoms with E-state index in [1.165, 1.54) is 24.1 Å². The number of hydrogen-bond acceptors (Lipinski definition) is 5. The van der Waals surface area contributed by atoms with Crippen molar-refractivity contribution in [1.82, 2.24) is 5.16 Å². The Morgan fingerprint density at radius 2 is 2.04 bits per heavy atom. The Morgan fingerprint density at radius 1 is 1.26 bits per heavy atom. The number of aryl methyl sites for hydroxylation is 3. The van der Waals surface area contributed by atoms with Gasteiger partial charge in [-0.2, -0.15) is 0 Å². The molecule has 6 nitrogen and oxygen atoms in total. The van der Waals surface area contributed by atoms with Gasteiger partial charge < -0.3 is 14.6 Å². The molecule has 0 aliphatic heterocycles. The molecule has 0 saturated carbocycles. The number of aromatic nitrogens is 1. The minimum absolute atomic E-state index is 0.0142. The number of rotatable bonds is 4. The first-order valence-corrected chi connectivity index (χ1v) is 7.60. The summed E-state index contributed by atoms with van der Waals surface area (Å²) in [5.74, 6) is -1.10. The van der Waals surface area contributed by atoms with Crippen LogP contribution >= 0.6 is 0 Å². The average molecular weight is 314 g/mol. The Kier molecular flexibility index (Phi) is 4.14. The van der Waals surface area contributed by atoms with Crippen molar-refractivity contribution in [3.05, 3.63) is 46.8 Å². The third-order valence-electron chi connectivity index (χ3n) is 3.85. The molecule has 1 heterocycles. The van der Waals surface area contributed by atoms with E-state index in [0.717, 1.165) is 19.3 Å². The van der Waals surface area contributed by atoms with Gasteiger partial charge in [-0.05, 0) is 56.4 Å². The molecule has 3 rings (SSSR count). The Bertz CT molecular complexity index is 751. The molecule has 0 saturated heterocycles. The minimum atomic E-state index is -0.929. The number of hydrogen-bond donors (Lipinski definition) is 1. The molecule has 1 aromatic heterocycles. The number of carbonyl (C=O) groups excluding carboxylic acids is 2. The Balaban J connectivity index is 1.60. The smallest absolute Gasteiger partial charge is 0.377 e. The molecular weight excluding hydrogens is 296 g/mol. The van der Waals surface area contributed by atoms with Gasteiger partial charge in [0.15, 0.2) is 6.10 Å². The number of carbonyl (C=O) groups is 2. The van der Waals surface area contributed by atoms with Crippen LogP contribution in [0.3, 0.4) is 0 Å². The maximum atomic E-state index is 12.2. The first-order chi connectivity index (χ1) is 11.0. The predicted octanol–water partition coefficient (Wildman–Crippen LogP) is 2.66. The second-order valence-electron chi connectivity index (χ2n) is 5.71. The fraction of sp³-hybridized carbons (Fsp3) is 0.353. The SMILES string of the molecule is Cc1cc(C(=O)O[C@H](C)C(=O)Nc2ccc3c(c2)CCC3)on1. The molecule has 6 heteroatoms. The van der Waals surface area contributed by atoms with Gasteiger partial charge in [-0.15, -0.1) is 0 Å². The summed E-state index contributed by atoms with van der Waals surface area (Å²) in [6.07, 6.45) is 2.35. The van der Waals surface area contributed by atoms with Gasteiger partial charge in [0, 0.05) is 11.8 Å². The van der Waals surface area contributed by atoms with Crippen LogP contribution in [0.15, 0.2) is 28.8 Å². The molecule has 1 aliphatic rings. The highest BCUT2D eigenvalue weighted by Crippen LogP contribution is 2.25. The summed E-state index contributed by atoms with van der Waals surface area (Å²) in [6, 6.07) is 7.35. The molecule has 1 aromatic carbocycles. The van der Waals surface area contributed by atoms with Crippen LogP contribution in [0.1, 0.15) is 40.7 Å². The zero-order valence-electron chi connectivity index (χ0n) is 13.1. The van der Waals surface area contributed by atoms with Crippen molar-refractivity contribution >= 4 is 17.6 Å². The highest BCUT2D eigenvalue weighted by molar-refractivity contribution is 5.96. The van der Waals surface area contributed by atoms with E-state index in [1.807, 2.05) is 18.2 Å². The van der Waals surface area contributed by atoms with Crippen LogP contribution in [0.5, 0.6) is 0 Å². The first-order valence-electron chi connectivity index (χ1n) is 7.60. The van der Waals surface area contributed by atoms with E-state index in [9.17, 15) is 9.59 Å². The molecule has 0 spiro atoms. The lowest BCUT2D eigenvalue weighted by Gasteiger charge is -2.13. The van der Waals surface area contributed by atoms with Crippen molar-refractivity contribution in [3.8, 4) is 0 Å². The van der Waals surface area contributed by atoms with Gasteiger partial charge in [-0.25, -0.2) is 4.79 Å². The summed E-state index contributed by atoms with van der Waals surface area (Å²) in [5, 5.41) is 6.39. The highest BCUT2D eigenvalue weighted by Gasteiger charge is 2.22. The van der Waals surface area contributed by atoms with Crippen molar-refractivity contribution in [2.75, 3.05) is 5.32 Å². The zero-order chi connectivity index (χ0) is 16.4. The molecule has 0 unspecified atom stereocenters.